The van der Waals surface area contributed by atoms with Crippen LogP contribution in [0.2, 0.25) is 0 Å². The van der Waals surface area contributed by atoms with Crippen LogP contribution in [0.3, 0.4) is 0 Å². The molecule has 0 aliphatic carbocycles. The Morgan fingerprint density at radius 3 is 2.52 bits per heavy atom. The van der Waals surface area contributed by atoms with Gasteiger partial charge < -0.3 is 15.3 Å². The number of hydrogen-bond donors (Lipinski definition) is 3. The summed E-state index contributed by atoms with van der Waals surface area (Å²) < 4.78 is 0. The maximum absolute atomic E-state index is 11.3. The molecular weight excluding hydrogens is 268 g/mol. The molecule has 6 nitrogen and oxygen atoms in total. The Balaban J connectivity index is 1.84. The largest absolute Gasteiger partial charge is 0.379 e. The number of hydrogen-bond acceptors (Lipinski definition) is 4. The van der Waals surface area contributed by atoms with Crippen LogP contribution in [0.4, 0.5) is 5.69 Å². The summed E-state index contributed by atoms with van der Waals surface area (Å²) in [4.78, 5) is 31.9. The molecule has 2 heterocycles. The molecule has 0 amide bonds. The zero-order valence-electron chi connectivity index (χ0n) is 11.4. The van der Waals surface area contributed by atoms with Crippen molar-refractivity contribution in [3.63, 3.8) is 0 Å². The highest BCUT2D eigenvalue weighted by molar-refractivity contribution is 5.78. The van der Waals surface area contributed by atoms with Crippen LogP contribution >= 0.6 is 0 Å². The first-order valence-electron chi connectivity index (χ1n) is 6.53. The average molecular weight is 282 g/mol. The van der Waals surface area contributed by atoms with E-state index >= 15 is 0 Å². The van der Waals surface area contributed by atoms with E-state index in [1.807, 2.05) is 31.3 Å². The Morgan fingerprint density at radius 2 is 1.81 bits per heavy atom. The quantitative estimate of drug-likeness (QED) is 0.635. The van der Waals surface area contributed by atoms with Crippen LogP contribution in [-0.2, 0) is 6.54 Å². The van der Waals surface area contributed by atoms with Gasteiger partial charge in [0.05, 0.1) is 23.3 Å². The van der Waals surface area contributed by atoms with E-state index in [-0.39, 0.29) is 0 Å². The van der Waals surface area contributed by atoms with E-state index in [1.165, 1.54) is 0 Å². The van der Waals surface area contributed by atoms with Gasteiger partial charge in [-0.2, -0.15) is 0 Å². The lowest BCUT2D eigenvalue weighted by atomic mass is 10.2. The van der Waals surface area contributed by atoms with E-state index < -0.39 is 11.1 Å². The van der Waals surface area contributed by atoms with Gasteiger partial charge in [0.15, 0.2) is 0 Å². The second-order valence-electron chi connectivity index (χ2n) is 4.85. The molecule has 0 aliphatic rings. The molecule has 6 heteroatoms. The van der Waals surface area contributed by atoms with Gasteiger partial charge in [0.25, 0.3) is 0 Å². The maximum atomic E-state index is 11.3. The molecule has 106 valence electrons. The minimum atomic E-state index is -0.653. The fourth-order valence-corrected chi connectivity index (χ4v) is 2.02. The molecule has 2 aromatic heterocycles. The van der Waals surface area contributed by atoms with Crippen LogP contribution < -0.4 is 16.4 Å². The number of aromatic amines is 2. The van der Waals surface area contributed by atoms with Crippen molar-refractivity contribution in [3.8, 4) is 0 Å². The zero-order valence-corrected chi connectivity index (χ0v) is 11.4. The molecule has 0 spiro atoms. The van der Waals surface area contributed by atoms with Crippen molar-refractivity contribution in [1.29, 1.82) is 0 Å². The lowest BCUT2D eigenvalue weighted by Crippen LogP contribution is -2.28. The summed E-state index contributed by atoms with van der Waals surface area (Å²) in [5.41, 5.74) is 2.77. The lowest BCUT2D eigenvalue weighted by Gasteiger charge is -2.07. The zero-order chi connectivity index (χ0) is 14.8. The highest BCUT2D eigenvalue weighted by Crippen LogP contribution is 2.14. The van der Waals surface area contributed by atoms with Gasteiger partial charge in [0, 0.05) is 11.9 Å². The predicted molar refractivity (Wildman–Crippen MR) is 81.5 cm³/mol. The second kappa shape index (κ2) is 5.24. The number of fused-ring (bicyclic) bond motifs is 1. The monoisotopic (exact) mass is 282 g/mol. The number of aromatic nitrogens is 3. The summed E-state index contributed by atoms with van der Waals surface area (Å²) in [6, 6.07) is 9.33. The fraction of sp³-hybridized carbons (Fsp3) is 0.133. The van der Waals surface area contributed by atoms with E-state index in [0.717, 1.165) is 16.9 Å². The Bertz CT molecular complexity index is 894. The van der Waals surface area contributed by atoms with Gasteiger partial charge in [-0.3, -0.25) is 14.6 Å². The minimum absolute atomic E-state index is 0.583. The van der Waals surface area contributed by atoms with Crippen molar-refractivity contribution in [3.05, 3.63) is 68.5 Å². The summed E-state index contributed by atoms with van der Waals surface area (Å²) in [6.45, 7) is 2.57. The molecule has 0 aliphatic heterocycles. The maximum Gasteiger partial charge on any atom is 0.314 e. The van der Waals surface area contributed by atoms with Gasteiger partial charge in [-0.05, 0) is 36.8 Å². The first-order valence-corrected chi connectivity index (χ1v) is 6.53. The average Bonchev–Trinajstić information content (AvgIpc) is 2.48. The first-order chi connectivity index (χ1) is 10.1. The standard InChI is InChI=1S/C15H14N4O2/c1-9-2-3-11(16-7-9)8-17-10-4-5-12-13(6-10)19-15(21)14(20)18-12/h2-7,17H,8H2,1H3,(H,18,20)(H,19,21). The van der Waals surface area contributed by atoms with Crippen LogP contribution in [0, 0.1) is 6.92 Å². The Morgan fingerprint density at radius 1 is 1.05 bits per heavy atom. The van der Waals surface area contributed by atoms with Gasteiger partial charge in [-0.25, -0.2) is 0 Å². The van der Waals surface area contributed by atoms with Gasteiger partial charge in [0.1, 0.15) is 0 Å². The van der Waals surface area contributed by atoms with Crippen molar-refractivity contribution in [2.45, 2.75) is 13.5 Å². The lowest BCUT2D eigenvalue weighted by molar-refractivity contribution is 1.04. The van der Waals surface area contributed by atoms with Crippen LogP contribution in [-0.4, -0.2) is 15.0 Å². The highest BCUT2D eigenvalue weighted by atomic mass is 16.2. The summed E-state index contributed by atoms with van der Waals surface area (Å²) in [6.07, 6.45) is 1.82. The van der Waals surface area contributed by atoms with E-state index in [1.54, 1.807) is 12.1 Å². The van der Waals surface area contributed by atoms with Crippen LogP contribution in [0.5, 0.6) is 0 Å². The van der Waals surface area contributed by atoms with Crippen molar-refractivity contribution in [2.75, 3.05) is 5.32 Å². The molecule has 0 atom stereocenters. The van der Waals surface area contributed by atoms with Crippen LogP contribution in [0.1, 0.15) is 11.3 Å². The van der Waals surface area contributed by atoms with E-state index in [4.69, 9.17) is 0 Å². The Hall–Kier alpha value is -2.89. The SMILES string of the molecule is Cc1ccc(CNc2ccc3[nH]c(=O)c(=O)[nH]c3c2)nc1. The molecule has 0 fully saturated rings. The highest BCUT2D eigenvalue weighted by Gasteiger charge is 2.01. The summed E-state index contributed by atoms with van der Waals surface area (Å²) in [5.74, 6) is 0. The Kier molecular flexibility index (Phi) is 3.27. The third kappa shape index (κ3) is 2.84. The molecule has 3 N–H and O–H groups in total. The molecule has 0 unspecified atom stereocenters. The number of rotatable bonds is 3. The molecule has 3 rings (SSSR count). The minimum Gasteiger partial charge on any atom is -0.379 e. The van der Waals surface area contributed by atoms with Crippen molar-refractivity contribution in [1.82, 2.24) is 15.0 Å². The number of benzene rings is 1. The first kappa shape index (κ1) is 13.1. The number of anilines is 1. The molecule has 3 aromatic rings. The van der Waals surface area contributed by atoms with E-state index in [9.17, 15) is 9.59 Å². The fourth-order valence-electron chi connectivity index (χ4n) is 2.02. The predicted octanol–water partition coefficient (Wildman–Crippen LogP) is 1.53. The van der Waals surface area contributed by atoms with E-state index in [2.05, 4.69) is 20.3 Å². The van der Waals surface area contributed by atoms with Crippen molar-refractivity contribution < 1.29 is 0 Å². The van der Waals surface area contributed by atoms with Crippen molar-refractivity contribution in [2.24, 2.45) is 0 Å². The molecule has 21 heavy (non-hydrogen) atoms. The van der Waals surface area contributed by atoms with Gasteiger partial charge in [-0.1, -0.05) is 6.07 Å². The summed E-state index contributed by atoms with van der Waals surface area (Å²) in [5, 5.41) is 3.23. The molecule has 0 saturated heterocycles. The summed E-state index contributed by atoms with van der Waals surface area (Å²) >= 11 is 0. The number of pyridine rings is 1. The smallest absolute Gasteiger partial charge is 0.314 e. The molecule has 1 aromatic carbocycles. The summed E-state index contributed by atoms with van der Waals surface area (Å²) in [7, 11) is 0. The topological polar surface area (TPSA) is 90.6 Å². The second-order valence-corrected chi connectivity index (χ2v) is 4.85. The molecular formula is C15H14N4O2. The number of aryl methyl sites for hydroxylation is 1. The van der Waals surface area contributed by atoms with Crippen molar-refractivity contribution >= 4 is 16.7 Å². The van der Waals surface area contributed by atoms with Crippen LogP contribution in [0.15, 0.2) is 46.1 Å². The van der Waals surface area contributed by atoms with Gasteiger partial charge in [-0.15, -0.1) is 0 Å². The van der Waals surface area contributed by atoms with Gasteiger partial charge >= 0.3 is 11.1 Å². The number of nitrogens with zero attached hydrogens (tertiary/aromatic N) is 1. The molecule has 0 bridgehead atoms. The number of H-pyrrole nitrogens is 2. The van der Waals surface area contributed by atoms with Crippen LogP contribution in [0.25, 0.3) is 11.0 Å². The molecule has 0 radical (unpaired) electrons. The normalized spacial score (nSPS) is 10.7. The third-order valence-corrected chi connectivity index (χ3v) is 3.17. The third-order valence-electron chi connectivity index (χ3n) is 3.17. The molecule has 0 saturated carbocycles. The number of nitrogens with one attached hydrogen (secondary N) is 3. The Labute approximate surface area is 119 Å². The van der Waals surface area contributed by atoms with E-state index in [0.29, 0.717) is 17.6 Å². The van der Waals surface area contributed by atoms with Gasteiger partial charge in [0.2, 0.25) is 0 Å².